The summed E-state index contributed by atoms with van der Waals surface area (Å²) in [7, 11) is 1.58. The van der Waals surface area contributed by atoms with Crippen molar-refractivity contribution in [2.45, 2.75) is 31.9 Å². The van der Waals surface area contributed by atoms with Gasteiger partial charge in [-0.3, -0.25) is 4.79 Å². The molecular weight excluding hydrogens is 252 g/mol. The van der Waals surface area contributed by atoms with E-state index in [9.17, 15) is 4.79 Å². The first-order valence-corrected chi connectivity index (χ1v) is 7.31. The van der Waals surface area contributed by atoms with E-state index in [1.165, 1.54) is 0 Å². The van der Waals surface area contributed by atoms with E-state index >= 15 is 0 Å². The highest BCUT2D eigenvalue weighted by molar-refractivity contribution is 5.82. The molecule has 110 valence electrons. The third-order valence-electron chi connectivity index (χ3n) is 4.04. The van der Waals surface area contributed by atoms with Crippen LogP contribution in [0, 0.1) is 5.92 Å². The van der Waals surface area contributed by atoms with Crippen molar-refractivity contribution in [3.05, 3.63) is 35.9 Å². The van der Waals surface area contributed by atoms with Gasteiger partial charge in [-0.05, 0) is 44.3 Å². The average Bonchev–Trinajstić information content (AvgIpc) is 2.50. The molecule has 0 saturated carbocycles. The number of rotatable bonds is 5. The molecule has 20 heavy (non-hydrogen) atoms. The Morgan fingerprint density at radius 2 is 1.95 bits per heavy atom. The number of hydrogen-bond donors (Lipinski definition) is 2. The van der Waals surface area contributed by atoms with Crippen LogP contribution >= 0.6 is 0 Å². The van der Waals surface area contributed by atoms with Gasteiger partial charge in [0.25, 0.3) is 5.91 Å². The lowest BCUT2D eigenvalue weighted by Gasteiger charge is -2.30. The van der Waals surface area contributed by atoms with Gasteiger partial charge in [0.2, 0.25) is 0 Å². The van der Waals surface area contributed by atoms with Crippen molar-refractivity contribution >= 4 is 5.91 Å². The SMILES string of the molecule is COC(C(=O)NC(C)C1CCNCC1)c1ccccc1. The molecule has 1 fully saturated rings. The topological polar surface area (TPSA) is 50.4 Å². The molecule has 1 aromatic rings. The molecule has 0 radical (unpaired) electrons. The van der Waals surface area contributed by atoms with Gasteiger partial charge in [0.05, 0.1) is 0 Å². The minimum atomic E-state index is -0.527. The van der Waals surface area contributed by atoms with E-state index in [4.69, 9.17) is 4.74 Å². The van der Waals surface area contributed by atoms with Gasteiger partial charge in [-0.2, -0.15) is 0 Å². The number of benzene rings is 1. The van der Waals surface area contributed by atoms with E-state index in [2.05, 4.69) is 17.6 Å². The van der Waals surface area contributed by atoms with Crippen LogP contribution in [0.3, 0.4) is 0 Å². The molecule has 1 saturated heterocycles. The molecule has 1 aliphatic heterocycles. The predicted molar refractivity (Wildman–Crippen MR) is 79.4 cm³/mol. The van der Waals surface area contributed by atoms with Gasteiger partial charge in [0, 0.05) is 13.2 Å². The summed E-state index contributed by atoms with van der Waals surface area (Å²) in [5.74, 6) is 0.498. The van der Waals surface area contributed by atoms with E-state index in [0.29, 0.717) is 5.92 Å². The maximum Gasteiger partial charge on any atom is 0.253 e. The van der Waals surface area contributed by atoms with E-state index in [-0.39, 0.29) is 11.9 Å². The second kappa shape index (κ2) is 7.41. The number of ether oxygens (including phenoxy) is 1. The maximum absolute atomic E-state index is 12.4. The van der Waals surface area contributed by atoms with Crippen LogP contribution in [0.2, 0.25) is 0 Å². The Hall–Kier alpha value is -1.39. The summed E-state index contributed by atoms with van der Waals surface area (Å²) in [6, 6.07) is 9.80. The molecule has 1 amide bonds. The normalized spacial score (nSPS) is 19.3. The van der Waals surface area contributed by atoms with Crippen LogP contribution in [0.25, 0.3) is 0 Å². The lowest BCUT2D eigenvalue weighted by atomic mass is 9.91. The Kier molecular flexibility index (Phi) is 5.56. The molecule has 0 spiro atoms. The van der Waals surface area contributed by atoms with Gasteiger partial charge in [0.15, 0.2) is 6.10 Å². The minimum absolute atomic E-state index is 0.0512. The van der Waals surface area contributed by atoms with Crippen molar-refractivity contribution in [3.8, 4) is 0 Å². The van der Waals surface area contributed by atoms with Crippen molar-refractivity contribution in [2.75, 3.05) is 20.2 Å². The van der Waals surface area contributed by atoms with E-state index in [1.807, 2.05) is 30.3 Å². The van der Waals surface area contributed by atoms with Crippen LogP contribution < -0.4 is 10.6 Å². The summed E-state index contributed by atoms with van der Waals surface area (Å²) in [4.78, 5) is 12.4. The van der Waals surface area contributed by atoms with E-state index in [1.54, 1.807) is 7.11 Å². The molecule has 2 unspecified atom stereocenters. The molecule has 2 atom stereocenters. The summed E-state index contributed by atoms with van der Waals surface area (Å²) in [6.07, 6.45) is 1.70. The minimum Gasteiger partial charge on any atom is -0.367 e. The summed E-state index contributed by atoms with van der Waals surface area (Å²) >= 11 is 0. The van der Waals surface area contributed by atoms with Gasteiger partial charge < -0.3 is 15.4 Å². The number of carbonyl (C=O) groups is 1. The first-order valence-electron chi connectivity index (χ1n) is 7.31. The van der Waals surface area contributed by atoms with Gasteiger partial charge in [-0.1, -0.05) is 30.3 Å². The molecule has 4 heteroatoms. The fourth-order valence-corrected chi connectivity index (χ4v) is 2.78. The summed E-state index contributed by atoms with van der Waals surface area (Å²) in [5.41, 5.74) is 0.894. The predicted octanol–water partition coefficient (Wildman–Crippen LogP) is 1.88. The second-order valence-electron chi connectivity index (χ2n) is 5.41. The lowest BCUT2D eigenvalue weighted by molar-refractivity contribution is -0.132. The van der Waals surface area contributed by atoms with Gasteiger partial charge in [-0.25, -0.2) is 0 Å². The van der Waals surface area contributed by atoms with E-state index in [0.717, 1.165) is 31.5 Å². The number of methoxy groups -OCH3 is 1. The molecule has 1 heterocycles. The highest BCUT2D eigenvalue weighted by Crippen LogP contribution is 2.19. The zero-order valence-corrected chi connectivity index (χ0v) is 12.3. The quantitative estimate of drug-likeness (QED) is 0.863. The first-order chi connectivity index (χ1) is 9.72. The number of amides is 1. The Balaban J connectivity index is 1.95. The van der Waals surface area contributed by atoms with Crippen LogP contribution in [-0.4, -0.2) is 32.1 Å². The van der Waals surface area contributed by atoms with Crippen LogP contribution in [0.5, 0.6) is 0 Å². The zero-order chi connectivity index (χ0) is 14.4. The zero-order valence-electron chi connectivity index (χ0n) is 12.3. The van der Waals surface area contributed by atoms with E-state index < -0.39 is 6.10 Å². The third kappa shape index (κ3) is 3.81. The molecule has 1 aromatic carbocycles. The van der Waals surface area contributed by atoms with Crippen molar-refractivity contribution in [1.29, 1.82) is 0 Å². The third-order valence-corrected chi connectivity index (χ3v) is 4.04. The van der Waals surface area contributed by atoms with Crippen molar-refractivity contribution in [1.82, 2.24) is 10.6 Å². The van der Waals surface area contributed by atoms with Crippen LogP contribution in [0.4, 0.5) is 0 Å². The lowest BCUT2D eigenvalue weighted by Crippen LogP contribution is -2.44. The average molecular weight is 276 g/mol. The van der Waals surface area contributed by atoms with Crippen LogP contribution in [0.15, 0.2) is 30.3 Å². The molecule has 4 nitrogen and oxygen atoms in total. The largest absolute Gasteiger partial charge is 0.367 e. The summed E-state index contributed by atoms with van der Waals surface area (Å²) in [6.45, 7) is 4.17. The molecule has 0 aromatic heterocycles. The number of piperidine rings is 1. The summed E-state index contributed by atoms with van der Waals surface area (Å²) < 4.78 is 5.36. The van der Waals surface area contributed by atoms with Gasteiger partial charge >= 0.3 is 0 Å². The van der Waals surface area contributed by atoms with Gasteiger partial charge in [0.1, 0.15) is 0 Å². The smallest absolute Gasteiger partial charge is 0.253 e. The molecular formula is C16H24N2O2. The second-order valence-corrected chi connectivity index (χ2v) is 5.41. The molecule has 2 rings (SSSR count). The monoisotopic (exact) mass is 276 g/mol. The highest BCUT2D eigenvalue weighted by atomic mass is 16.5. The standard InChI is InChI=1S/C16H24N2O2/c1-12(13-8-10-17-11-9-13)18-16(19)15(20-2)14-6-4-3-5-7-14/h3-7,12-13,15,17H,8-11H2,1-2H3,(H,18,19). The Bertz CT molecular complexity index is 416. The van der Waals surface area contributed by atoms with Gasteiger partial charge in [-0.15, -0.1) is 0 Å². The number of carbonyl (C=O) groups excluding carboxylic acids is 1. The maximum atomic E-state index is 12.4. The summed E-state index contributed by atoms with van der Waals surface area (Å²) in [5, 5.41) is 6.45. The highest BCUT2D eigenvalue weighted by Gasteiger charge is 2.25. The fraction of sp³-hybridized carbons (Fsp3) is 0.562. The molecule has 2 N–H and O–H groups in total. The Morgan fingerprint density at radius 1 is 1.30 bits per heavy atom. The first kappa shape index (κ1) is 15.0. The Morgan fingerprint density at radius 3 is 2.55 bits per heavy atom. The fourth-order valence-electron chi connectivity index (χ4n) is 2.78. The molecule has 1 aliphatic rings. The van der Waals surface area contributed by atoms with Crippen LogP contribution in [0.1, 0.15) is 31.4 Å². The Labute approximate surface area is 120 Å². The van der Waals surface area contributed by atoms with Crippen molar-refractivity contribution in [3.63, 3.8) is 0 Å². The molecule has 0 bridgehead atoms. The number of hydrogen-bond acceptors (Lipinski definition) is 3. The number of nitrogens with one attached hydrogen (secondary N) is 2. The van der Waals surface area contributed by atoms with Crippen LogP contribution in [-0.2, 0) is 9.53 Å². The molecule has 0 aliphatic carbocycles. The van der Waals surface area contributed by atoms with Crippen molar-refractivity contribution in [2.24, 2.45) is 5.92 Å². The van der Waals surface area contributed by atoms with Crippen molar-refractivity contribution < 1.29 is 9.53 Å².